The zero-order valence-electron chi connectivity index (χ0n) is 9.80. The second kappa shape index (κ2) is 4.96. The Hall–Kier alpha value is -0.590. The molecule has 15 heavy (non-hydrogen) atoms. The number of Topliss-reactive ketones (excluding diaryl/α,β-unsaturated/α-hetero) is 1. The SMILES string of the molecule is CC(=O)CC[C@H]1C[C@H]1C=C1CCCCC1. The Labute approximate surface area is 92.9 Å². The van der Waals surface area contributed by atoms with Gasteiger partial charge in [-0.3, -0.25) is 0 Å². The Morgan fingerprint density at radius 2 is 2.07 bits per heavy atom. The molecule has 2 atom stereocenters. The van der Waals surface area contributed by atoms with Crippen LogP contribution in [-0.2, 0) is 4.79 Å². The summed E-state index contributed by atoms with van der Waals surface area (Å²) >= 11 is 0. The highest BCUT2D eigenvalue weighted by atomic mass is 16.1. The lowest BCUT2D eigenvalue weighted by molar-refractivity contribution is -0.117. The summed E-state index contributed by atoms with van der Waals surface area (Å²) in [6, 6.07) is 0. The highest BCUT2D eigenvalue weighted by Crippen LogP contribution is 2.44. The fraction of sp³-hybridized carbons (Fsp3) is 0.786. The van der Waals surface area contributed by atoms with Crippen molar-refractivity contribution in [3.8, 4) is 0 Å². The highest BCUT2D eigenvalue weighted by Gasteiger charge is 2.34. The average Bonchev–Trinajstić information content (AvgIpc) is 2.95. The summed E-state index contributed by atoms with van der Waals surface area (Å²) in [6.45, 7) is 1.71. The van der Waals surface area contributed by atoms with Crippen molar-refractivity contribution >= 4 is 5.78 Å². The van der Waals surface area contributed by atoms with E-state index >= 15 is 0 Å². The number of ketones is 1. The molecule has 0 aliphatic heterocycles. The summed E-state index contributed by atoms with van der Waals surface area (Å²) in [5.74, 6) is 2.02. The molecule has 0 aromatic rings. The van der Waals surface area contributed by atoms with Gasteiger partial charge in [0, 0.05) is 6.42 Å². The van der Waals surface area contributed by atoms with E-state index in [2.05, 4.69) is 6.08 Å². The van der Waals surface area contributed by atoms with Crippen LogP contribution in [0.2, 0.25) is 0 Å². The first kappa shape index (κ1) is 10.9. The molecule has 84 valence electrons. The van der Waals surface area contributed by atoms with Gasteiger partial charge in [0.25, 0.3) is 0 Å². The van der Waals surface area contributed by atoms with E-state index in [1.807, 2.05) is 0 Å². The van der Waals surface area contributed by atoms with Gasteiger partial charge in [-0.1, -0.05) is 18.1 Å². The molecule has 0 heterocycles. The molecule has 2 aliphatic carbocycles. The van der Waals surface area contributed by atoms with Gasteiger partial charge in [-0.15, -0.1) is 0 Å². The van der Waals surface area contributed by atoms with E-state index in [9.17, 15) is 4.79 Å². The smallest absolute Gasteiger partial charge is 0.129 e. The maximum Gasteiger partial charge on any atom is 0.129 e. The number of carbonyl (C=O) groups is 1. The van der Waals surface area contributed by atoms with E-state index in [1.165, 1.54) is 38.5 Å². The van der Waals surface area contributed by atoms with Gasteiger partial charge in [0.2, 0.25) is 0 Å². The molecule has 2 saturated carbocycles. The summed E-state index contributed by atoms with van der Waals surface area (Å²) in [7, 11) is 0. The van der Waals surface area contributed by atoms with E-state index in [-0.39, 0.29) is 0 Å². The van der Waals surface area contributed by atoms with Crippen LogP contribution in [0.3, 0.4) is 0 Å². The van der Waals surface area contributed by atoms with Gasteiger partial charge in [0.15, 0.2) is 0 Å². The fourth-order valence-electron chi connectivity index (χ4n) is 2.67. The number of rotatable bonds is 4. The average molecular weight is 206 g/mol. The van der Waals surface area contributed by atoms with Crippen LogP contribution >= 0.6 is 0 Å². The van der Waals surface area contributed by atoms with Crippen LogP contribution in [0.25, 0.3) is 0 Å². The molecule has 0 bridgehead atoms. The van der Waals surface area contributed by atoms with E-state index in [0.717, 1.165) is 24.7 Å². The van der Waals surface area contributed by atoms with Crippen molar-refractivity contribution in [3.63, 3.8) is 0 Å². The van der Waals surface area contributed by atoms with Crippen molar-refractivity contribution in [3.05, 3.63) is 11.6 Å². The third-order valence-electron chi connectivity index (χ3n) is 3.79. The molecule has 0 aromatic carbocycles. The Bertz CT molecular complexity index is 257. The molecule has 0 aromatic heterocycles. The molecule has 2 aliphatic rings. The monoisotopic (exact) mass is 206 g/mol. The number of carbonyl (C=O) groups excluding carboxylic acids is 1. The zero-order chi connectivity index (χ0) is 10.7. The molecule has 1 heteroatoms. The Kier molecular flexibility index (Phi) is 3.61. The maximum atomic E-state index is 10.9. The number of hydrogen-bond donors (Lipinski definition) is 0. The van der Waals surface area contributed by atoms with Crippen molar-refractivity contribution in [1.82, 2.24) is 0 Å². The van der Waals surface area contributed by atoms with Crippen LogP contribution in [0.15, 0.2) is 11.6 Å². The van der Waals surface area contributed by atoms with Gasteiger partial charge in [-0.2, -0.15) is 0 Å². The lowest BCUT2D eigenvalue weighted by Crippen LogP contribution is -1.95. The van der Waals surface area contributed by atoms with Gasteiger partial charge in [-0.05, 0) is 57.3 Å². The molecule has 1 nitrogen and oxygen atoms in total. The van der Waals surface area contributed by atoms with Crippen LogP contribution in [0.1, 0.15) is 58.3 Å². The summed E-state index contributed by atoms with van der Waals surface area (Å²) in [4.78, 5) is 10.9. The second-order valence-electron chi connectivity index (χ2n) is 5.29. The van der Waals surface area contributed by atoms with Gasteiger partial charge in [-0.25, -0.2) is 0 Å². The standard InChI is InChI=1S/C14H22O/c1-11(15)7-8-13-10-14(13)9-12-5-3-2-4-6-12/h9,13-14H,2-8,10H2,1H3/t13-,14+/m0/s1. The third kappa shape index (κ3) is 3.48. The van der Waals surface area contributed by atoms with Crippen LogP contribution < -0.4 is 0 Å². The fourth-order valence-corrected chi connectivity index (χ4v) is 2.67. The lowest BCUT2D eigenvalue weighted by atomic mass is 9.93. The molecule has 0 saturated heterocycles. The first-order valence-corrected chi connectivity index (χ1v) is 6.44. The van der Waals surface area contributed by atoms with Crippen LogP contribution in [0, 0.1) is 11.8 Å². The van der Waals surface area contributed by atoms with Crippen molar-refractivity contribution < 1.29 is 4.79 Å². The highest BCUT2D eigenvalue weighted by molar-refractivity contribution is 5.75. The van der Waals surface area contributed by atoms with Crippen LogP contribution in [-0.4, -0.2) is 5.78 Å². The first-order valence-electron chi connectivity index (χ1n) is 6.44. The molecular weight excluding hydrogens is 184 g/mol. The number of hydrogen-bond acceptors (Lipinski definition) is 1. The largest absolute Gasteiger partial charge is 0.300 e. The molecule has 0 amide bonds. The first-order chi connectivity index (χ1) is 7.25. The zero-order valence-corrected chi connectivity index (χ0v) is 9.80. The van der Waals surface area contributed by atoms with Crippen LogP contribution in [0.5, 0.6) is 0 Å². The molecule has 0 unspecified atom stereocenters. The molecular formula is C14H22O. The minimum absolute atomic E-state index is 0.353. The minimum atomic E-state index is 0.353. The summed E-state index contributed by atoms with van der Waals surface area (Å²) in [6.07, 6.45) is 12.7. The minimum Gasteiger partial charge on any atom is -0.300 e. The number of allylic oxidation sites excluding steroid dienone is 2. The van der Waals surface area contributed by atoms with Gasteiger partial charge >= 0.3 is 0 Å². The van der Waals surface area contributed by atoms with Crippen molar-refractivity contribution in [2.75, 3.05) is 0 Å². The summed E-state index contributed by atoms with van der Waals surface area (Å²) < 4.78 is 0. The maximum absolute atomic E-state index is 10.9. The predicted octanol–water partition coefficient (Wildman–Crippen LogP) is 3.88. The lowest BCUT2D eigenvalue weighted by Gasteiger charge is -2.13. The predicted molar refractivity (Wildman–Crippen MR) is 62.7 cm³/mol. The van der Waals surface area contributed by atoms with E-state index in [4.69, 9.17) is 0 Å². The second-order valence-corrected chi connectivity index (χ2v) is 5.29. The molecule has 2 rings (SSSR count). The molecule has 2 fully saturated rings. The Balaban J connectivity index is 1.71. The molecule has 0 N–H and O–H groups in total. The van der Waals surface area contributed by atoms with Gasteiger partial charge in [0.1, 0.15) is 5.78 Å². The van der Waals surface area contributed by atoms with E-state index in [0.29, 0.717) is 5.78 Å². The summed E-state index contributed by atoms with van der Waals surface area (Å²) in [5, 5.41) is 0. The molecule has 0 spiro atoms. The van der Waals surface area contributed by atoms with Crippen molar-refractivity contribution in [2.45, 2.75) is 58.3 Å². The normalized spacial score (nSPS) is 30.1. The van der Waals surface area contributed by atoms with Gasteiger partial charge in [0.05, 0.1) is 0 Å². The summed E-state index contributed by atoms with van der Waals surface area (Å²) in [5.41, 5.74) is 1.71. The Morgan fingerprint density at radius 1 is 1.33 bits per heavy atom. The molecule has 0 radical (unpaired) electrons. The van der Waals surface area contributed by atoms with Gasteiger partial charge < -0.3 is 4.79 Å². The van der Waals surface area contributed by atoms with Crippen molar-refractivity contribution in [1.29, 1.82) is 0 Å². The van der Waals surface area contributed by atoms with Crippen molar-refractivity contribution in [2.24, 2.45) is 11.8 Å². The van der Waals surface area contributed by atoms with E-state index in [1.54, 1.807) is 12.5 Å². The topological polar surface area (TPSA) is 17.1 Å². The Morgan fingerprint density at radius 3 is 2.73 bits per heavy atom. The third-order valence-corrected chi connectivity index (χ3v) is 3.79. The van der Waals surface area contributed by atoms with Crippen LogP contribution in [0.4, 0.5) is 0 Å². The quantitative estimate of drug-likeness (QED) is 0.638. The van der Waals surface area contributed by atoms with E-state index < -0.39 is 0 Å².